The summed E-state index contributed by atoms with van der Waals surface area (Å²) in [4.78, 5) is 0. The fraction of sp³-hybridized carbons (Fsp3) is 0.381. The van der Waals surface area contributed by atoms with Crippen LogP contribution in [-0.4, -0.2) is 11.7 Å². The Labute approximate surface area is 156 Å². The van der Waals surface area contributed by atoms with Gasteiger partial charge in [0.15, 0.2) is 5.11 Å². The van der Waals surface area contributed by atoms with Crippen LogP contribution in [0.2, 0.25) is 0 Å². The minimum absolute atomic E-state index is 0.120. The molecule has 3 nitrogen and oxygen atoms in total. The molecule has 2 aromatic carbocycles. The fourth-order valence-corrected chi connectivity index (χ4v) is 2.89. The SMILES string of the molecule is CCOc1ccc(C(C)NC(=S)Nc2ccc(C(C)CC)cc2)cc1. The van der Waals surface area contributed by atoms with E-state index in [1.165, 1.54) is 11.1 Å². The molecule has 2 rings (SSSR count). The highest BCUT2D eigenvalue weighted by Gasteiger charge is 2.08. The molecule has 2 atom stereocenters. The van der Waals surface area contributed by atoms with Crippen molar-refractivity contribution in [1.82, 2.24) is 5.32 Å². The Kier molecular flexibility index (Phi) is 7.26. The molecule has 2 unspecified atom stereocenters. The summed E-state index contributed by atoms with van der Waals surface area (Å²) in [5, 5.41) is 7.20. The second-order valence-electron chi connectivity index (χ2n) is 6.25. The van der Waals surface area contributed by atoms with Gasteiger partial charge in [0.05, 0.1) is 12.6 Å². The van der Waals surface area contributed by atoms with Crippen LogP contribution < -0.4 is 15.4 Å². The first kappa shape index (κ1) is 19.3. The maximum absolute atomic E-state index is 5.48. The van der Waals surface area contributed by atoms with Gasteiger partial charge in [-0.2, -0.15) is 0 Å². The van der Waals surface area contributed by atoms with Gasteiger partial charge >= 0.3 is 0 Å². The average Bonchev–Trinajstić information content (AvgIpc) is 2.62. The summed E-state index contributed by atoms with van der Waals surface area (Å²) in [6, 6.07) is 16.7. The lowest BCUT2D eigenvalue weighted by Gasteiger charge is -2.18. The zero-order valence-electron chi connectivity index (χ0n) is 15.5. The quantitative estimate of drug-likeness (QED) is 0.628. The van der Waals surface area contributed by atoms with Crippen molar-refractivity contribution in [2.45, 2.75) is 46.1 Å². The number of benzene rings is 2. The van der Waals surface area contributed by atoms with Gasteiger partial charge in [-0.3, -0.25) is 0 Å². The van der Waals surface area contributed by atoms with Crippen LogP contribution in [0.3, 0.4) is 0 Å². The summed E-state index contributed by atoms with van der Waals surface area (Å²) < 4.78 is 5.48. The molecule has 0 fully saturated rings. The van der Waals surface area contributed by atoms with Crippen molar-refractivity contribution in [3.8, 4) is 5.75 Å². The fourth-order valence-electron chi connectivity index (χ4n) is 2.60. The van der Waals surface area contributed by atoms with E-state index in [1.807, 2.05) is 19.1 Å². The molecule has 0 saturated carbocycles. The summed E-state index contributed by atoms with van der Waals surface area (Å²) in [5.41, 5.74) is 3.53. The predicted octanol–water partition coefficient (Wildman–Crippen LogP) is 5.65. The summed E-state index contributed by atoms with van der Waals surface area (Å²) >= 11 is 5.44. The highest BCUT2D eigenvalue weighted by molar-refractivity contribution is 7.80. The first-order valence-corrected chi connectivity index (χ1v) is 9.34. The molecule has 0 amide bonds. The molecule has 0 aliphatic heterocycles. The van der Waals surface area contributed by atoms with Gasteiger partial charge in [-0.05, 0) is 73.8 Å². The highest BCUT2D eigenvalue weighted by atomic mass is 32.1. The molecule has 0 aliphatic carbocycles. The molecule has 134 valence electrons. The lowest BCUT2D eigenvalue weighted by molar-refractivity contribution is 0.340. The third-order valence-electron chi connectivity index (χ3n) is 4.39. The molecule has 0 saturated heterocycles. The topological polar surface area (TPSA) is 33.3 Å². The van der Waals surface area contributed by atoms with E-state index >= 15 is 0 Å². The Morgan fingerprint density at radius 3 is 2.12 bits per heavy atom. The van der Waals surface area contributed by atoms with Crippen LogP contribution in [0, 0.1) is 0 Å². The summed E-state index contributed by atoms with van der Waals surface area (Å²) in [7, 11) is 0. The molecule has 4 heteroatoms. The molecule has 0 heterocycles. The van der Waals surface area contributed by atoms with E-state index in [-0.39, 0.29) is 6.04 Å². The van der Waals surface area contributed by atoms with Crippen LogP contribution in [0.15, 0.2) is 48.5 Å². The molecule has 0 bridgehead atoms. The summed E-state index contributed by atoms with van der Waals surface area (Å²) in [5.74, 6) is 1.47. The largest absolute Gasteiger partial charge is 0.494 e. The zero-order valence-corrected chi connectivity index (χ0v) is 16.3. The Bertz CT molecular complexity index is 667. The van der Waals surface area contributed by atoms with Crippen molar-refractivity contribution in [2.75, 3.05) is 11.9 Å². The van der Waals surface area contributed by atoms with Crippen molar-refractivity contribution < 1.29 is 4.74 Å². The first-order valence-electron chi connectivity index (χ1n) is 8.93. The number of ether oxygens (including phenoxy) is 1. The van der Waals surface area contributed by atoms with Gasteiger partial charge in [-0.1, -0.05) is 38.1 Å². The van der Waals surface area contributed by atoms with Gasteiger partial charge < -0.3 is 15.4 Å². The van der Waals surface area contributed by atoms with Crippen LogP contribution in [0.4, 0.5) is 5.69 Å². The van der Waals surface area contributed by atoms with Crippen molar-refractivity contribution in [3.63, 3.8) is 0 Å². The van der Waals surface area contributed by atoms with Crippen molar-refractivity contribution >= 4 is 23.0 Å². The maximum atomic E-state index is 5.48. The van der Waals surface area contributed by atoms with Crippen LogP contribution >= 0.6 is 12.2 Å². The van der Waals surface area contributed by atoms with Gasteiger partial charge in [0.2, 0.25) is 0 Å². The molecular weight excluding hydrogens is 328 g/mol. The smallest absolute Gasteiger partial charge is 0.171 e. The van der Waals surface area contributed by atoms with Crippen molar-refractivity contribution in [3.05, 3.63) is 59.7 Å². The van der Waals surface area contributed by atoms with Crippen molar-refractivity contribution in [2.24, 2.45) is 0 Å². The molecule has 25 heavy (non-hydrogen) atoms. The number of rotatable bonds is 7. The molecule has 2 aromatic rings. The molecule has 0 radical (unpaired) electrons. The number of nitrogens with one attached hydrogen (secondary N) is 2. The van der Waals surface area contributed by atoms with Gasteiger partial charge in [-0.15, -0.1) is 0 Å². The standard InChI is InChI=1S/C21H28N2OS/c1-5-15(3)17-7-11-19(12-8-17)23-21(25)22-16(4)18-9-13-20(14-10-18)24-6-2/h7-16H,5-6H2,1-4H3,(H2,22,23,25). The third-order valence-corrected chi connectivity index (χ3v) is 4.61. The normalized spacial score (nSPS) is 13.0. The van der Waals surface area contributed by atoms with Crippen molar-refractivity contribution in [1.29, 1.82) is 0 Å². The second-order valence-corrected chi connectivity index (χ2v) is 6.66. The van der Waals surface area contributed by atoms with E-state index in [0.29, 0.717) is 17.6 Å². The number of anilines is 1. The Morgan fingerprint density at radius 2 is 1.56 bits per heavy atom. The predicted molar refractivity (Wildman–Crippen MR) is 111 cm³/mol. The van der Waals surface area contributed by atoms with E-state index in [2.05, 4.69) is 67.8 Å². The molecule has 0 aliphatic rings. The highest BCUT2D eigenvalue weighted by Crippen LogP contribution is 2.21. The molecule has 0 spiro atoms. The monoisotopic (exact) mass is 356 g/mol. The zero-order chi connectivity index (χ0) is 18.2. The Hall–Kier alpha value is -2.07. The van der Waals surface area contributed by atoms with Gasteiger partial charge in [0.25, 0.3) is 0 Å². The molecule has 2 N–H and O–H groups in total. The second kappa shape index (κ2) is 9.42. The third kappa shape index (κ3) is 5.75. The van der Waals surface area contributed by atoms with E-state index in [4.69, 9.17) is 17.0 Å². The van der Waals surface area contributed by atoms with E-state index in [0.717, 1.165) is 17.9 Å². The van der Waals surface area contributed by atoms with Gasteiger partial charge in [0, 0.05) is 5.69 Å². The van der Waals surface area contributed by atoms with E-state index < -0.39 is 0 Å². The minimum Gasteiger partial charge on any atom is -0.494 e. The first-order chi connectivity index (χ1) is 12.0. The summed E-state index contributed by atoms with van der Waals surface area (Å²) in [6.45, 7) is 9.20. The van der Waals surface area contributed by atoms with E-state index in [9.17, 15) is 0 Å². The average molecular weight is 357 g/mol. The lowest BCUT2D eigenvalue weighted by atomic mass is 9.99. The minimum atomic E-state index is 0.120. The Balaban J connectivity index is 1.90. The number of hydrogen-bond donors (Lipinski definition) is 2. The number of hydrogen-bond acceptors (Lipinski definition) is 2. The van der Waals surface area contributed by atoms with Gasteiger partial charge in [-0.25, -0.2) is 0 Å². The van der Waals surface area contributed by atoms with Crippen LogP contribution in [0.5, 0.6) is 5.75 Å². The van der Waals surface area contributed by atoms with Crippen LogP contribution in [0.25, 0.3) is 0 Å². The van der Waals surface area contributed by atoms with E-state index in [1.54, 1.807) is 0 Å². The van der Waals surface area contributed by atoms with Crippen LogP contribution in [-0.2, 0) is 0 Å². The Morgan fingerprint density at radius 1 is 0.960 bits per heavy atom. The lowest BCUT2D eigenvalue weighted by Crippen LogP contribution is -2.30. The summed E-state index contributed by atoms with van der Waals surface area (Å²) in [6.07, 6.45) is 1.15. The van der Waals surface area contributed by atoms with Gasteiger partial charge in [0.1, 0.15) is 5.75 Å². The maximum Gasteiger partial charge on any atom is 0.171 e. The molecule has 0 aromatic heterocycles. The van der Waals surface area contributed by atoms with Crippen LogP contribution in [0.1, 0.15) is 57.2 Å². The number of thiocarbonyl (C=S) groups is 1. The molecular formula is C21H28N2OS.